The number of fused-ring (bicyclic) bond motifs is 1. The van der Waals surface area contributed by atoms with E-state index in [1.807, 2.05) is 84.5 Å². The molecule has 0 fully saturated rings. The number of likely N-dealkylation sites (N-methyl/N-ethyl adjacent to an activating group) is 1. The second-order valence-corrected chi connectivity index (χ2v) is 11.8. The molecule has 0 saturated carbocycles. The van der Waals surface area contributed by atoms with E-state index in [0.29, 0.717) is 6.54 Å². The van der Waals surface area contributed by atoms with E-state index in [0.717, 1.165) is 53.6 Å². The highest BCUT2D eigenvalue weighted by Crippen LogP contribution is 2.36. The fourth-order valence-electron chi connectivity index (χ4n) is 3.84. The van der Waals surface area contributed by atoms with Gasteiger partial charge in [-0.3, -0.25) is 8.93 Å². The van der Waals surface area contributed by atoms with Crippen LogP contribution in [0.2, 0.25) is 0 Å². The van der Waals surface area contributed by atoms with Gasteiger partial charge in [0.25, 0.3) is 0 Å². The summed E-state index contributed by atoms with van der Waals surface area (Å²) in [4.78, 5) is 9.28. The van der Waals surface area contributed by atoms with Crippen LogP contribution in [0.4, 0.5) is 11.4 Å². The third kappa shape index (κ3) is 7.53. The standard InChI is InChI=1S/C25H35IN6O2S/c1-19(32-17-6-7-22-23(32)8-5-9-24(22)34-26)14-15-28-25(27)30-20-10-12-21(13-11-20)35(4,33)29-16-18-31(2)3/h5,8-15,35H,1,6-7,16-18H2,2-4H3,(H,29,33)(H3,27,28,30)/b15-14-. The number of allylic oxidation sites excluding steroid dienone is 1. The van der Waals surface area contributed by atoms with Gasteiger partial charge in [0.2, 0.25) is 0 Å². The zero-order chi connectivity index (χ0) is 25.4. The maximum Gasteiger partial charge on any atom is 0.197 e. The lowest BCUT2D eigenvalue weighted by atomic mass is 10.00. The van der Waals surface area contributed by atoms with Crippen molar-refractivity contribution in [3.63, 3.8) is 0 Å². The van der Waals surface area contributed by atoms with E-state index in [2.05, 4.69) is 32.6 Å². The van der Waals surface area contributed by atoms with Crippen molar-refractivity contribution in [2.45, 2.75) is 17.7 Å². The van der Waals surface area contributed by atoms with Gasteiger partial charge in [0.05, 0.1) is 0 Å². The first kappa shape index (κ1) is 27.2. The highest BCUT2D eigenvalue weighted by molar-refractivity contribution is 14.1. The number of halogens is 1. The van der Waals surface area contributed by atoms with Gasteiger partial charge in [0.1, 0.15) is 5.75 Å². The van der Waals surface area contributed by atoms with Gasteiger partial charge in [0.15, 0.2) is 29.0 Å². The zero-order valence-electron chi connectivity index (χ0n) is 20.5. The molecule has 0 aromatic heterocycles. The van der Waals surface area contributed by atoms with Crippen molar-refractivity contribution < 1.29 is 7.28 Å². The Labute approximate surface area is 223 Å². The third-order valence-corrected chi connectivity index (χ3v) is 8.31. The van der Waals surface area contributed by atoms with E-state index < -0.39 is 10.1 Å². The molecule has 1 aliphatic rings. The second kappa shape index (κ2) is 12.5. The molecule has 0 radical (unpaired) electrons. The van der Waals surface area contributed by atoms with E-state index in [-0.39, 0.29) is 5.96 Å². The summed E-state index contributed by atoms with van der Waals surface area (Å²) < 4.78 is 21.6. The van der Waals surface area contributed by atoms with Gasteiger partial charge < -0.3 is 23.9 Å². The van der Waals surface area contributed by atoms with E-state index in [1.165, 1.54) is 5.56 Å². The van der Waals surface area contributed by atoms with Crippen molar-refractivity contribution >= 4 is 50.5 Å². The molecular weight excluding hydrogens is 575 g/mol. The molecule has 0 aliphatic carbocycles. The van der Waals surface area contributed by atoms with Crippen LogP contribution in [0, 0.1) is 0 Å². The molecule has 0 bridgehead atoms. The summed E-state index contributed by atoms with van der Waals surface area (Å²) in [6, 6.07) is 13.4. The molecule has 10 heteroatoms. The molecule has 2 aromatic rings. The number of aliphatic imine (C=N–C) groups is 1. The Bertz CT molecular complexity index is 1130. The highest BCUT2D eigenvalue weighted by atomic mass is 127. The average Bonchev–Trinajstić information content (AvgIpc) is 2.83. The summed E-state index contributed by atoms with van der Waals surface area (Å²) in [5.41, 5.74) is 9.97. The van der Waals surface area contributed by atoms with Gasteiger partial charge >= 0.3 is 0 Å². The van der Waals surface area contributed by atoms with Crippen molar-refractivity contribution in [1.82, 2.24) is 9.62 Å². The van der Waals surface area contributed by atoms with Crippen LogP contribution in [0.15, 0.2) is 76.9 Å². The first-order valence-corrected chi connectivity index (χ1v) is 14.5. The molecule has 1 heterocycles. The second-order valence-electron chi connectivity index (χ2n) is 8.72. The molecule has 2 aromatic carbocycles. The summed E-state index contributed by atoms with van der Waals surface area (Å²) in [6.07, 6.45) is 7.23. The summed E-state index contributed by atoms with van der Waals surface area (Å²) >= 11 is 1.92. The molecule has 3 rings (SSSR count). The van der Waals surface area contributed by atoms with Crippen LogP contribution in [0.5, 0.6) is 5.75 Å². The number of benzene rings is 2. The molecule has 0 unspecified atom stereocenters. The molecule has 1 aliphatic heterocycles. The van der Waals surface area contributed by atoms with Gasteiger partial charge in [0, 0.05) is 59.6 Å². The Morgan fingerprint density at radius 1 is 1.31 bits per heavy atom. The first-order valence-electron chi connectivity index (χ1n) is 11.4. The predicted octanol–water partition coefficient (Wildman–Crippen LogP) is 3.69. The molecule has 8 nitrogen and oxygen atoms in total. The minimum atomic E-state index is -2.63. The van der Waals surface area contributed by atoms with Crippen molar-refractivity contribution in [3.8, 4) is 5.75 Å². The number of nitrogens with two attached hydrogens (primary N) is 1. The number of guanidine groups is 1. The molecule has 0 spiro atoms. The minimum absolute atomic E-state index is 0.255. The van der Waals surface area contributed by atoms with Crippen LogP contribution in [0.25, 0.3) is 0 Å². The Morgan fingerprint density at radius 3 is 2.74 bits per heavy atom. The fraction of sp³-hybridized carbons (Fsp3) is 0.320. The molecule has 0 atom stereocenters. The summed E-state index contributed by atoms with van der Waals surface area (Å²) in [5, 5.41) is 3.06. The number of hydrogen-bond donors (Lipinski definition) is 4. The van der Waals surface area contributed by atoms with E-state index >= 15 is 0 Å². The van der Waals surface area contributed by atoms with Crippen LogP contribution in [-0.2, 0) is 16.5 Å². The number of anilines is 2. The Hall–Kier alpha value is -2.41. The molecule has 0 amide bonds. The lowest BCUT2D eigenvalue weighted by Crippen LogP contribution is -2.35. The fourth-order valence-corrected chi connectivity index (χ4v) is 5.68. The molecular formula is C25H35IN6O2S. The predicted molar refractivity (Wildman–Crippen MR) is 157 cm³/mol. The third-order valence-electron chi connectivity index (χ3n) is 5.72. The Kier molecular flexibility index (Phi) is 9.72. The van der Waals surface area contributed by atoms with E-state index in [1.54, 1.807) is 12.5 Å². The van der Waals surface area contributed by atoms with E-state index in [9.17, 15) is 4.21 Å². The zero-order valence-corrected chi connectivity index (χ0v) is 23.6. The normalized spacial score (nSPS) is 14.8. The Balaban J connectivity index is 1.59. The summed E-state index contributed by atoms with van der Waals surface area (Å²) in [6.45, 7) is 6.58. The van der Waals surface area contributed by atoms with Crippen LogP contribution in [-0.4, -0.2) is 55.1 Å². The quantitative estimate of drug-likeness (QED) is 0.108. The van der Waals surface area contributed by atoms with Crippen molar-refractivity contribution in [3.05, 3.63) is 72.6 Å². The molecule has 190 valence electrons. The monoisotopic (exact) mass is 610 g/mol. The van der Waals surface area contributed by atoms with E-state index in [4.69, 9.17) is 8.80 Å². The van der Waals surface area contributed by atoms with Crippen LogP contribution >= 0.6 is 23.0 Å². The minimum Gasteiger partial charge on any atom is -0.427 e. The van der Waals surface area contributed by atoms with Crippen molar-refractivity contribution in [2.75, 3.05) is 50.2 Å². The van der Waals surface area contributed by atoms with Crippen LogP contribution in [0.1, 0.15) is 12.0 Å². The SMILES string of the molecule is C=C(/C=C\N=C(/N)Nc1ccc([SH](C)(=O)NCCN(C)C)cc1)N1CCCc2c(OI)cccc21. The molecule has 4 N–H and O–H groups in total. The van der Waals surface area contributed by atoms with Crippen molar-refractivity contribution in [2.24, 2.45) is 10.7 Å². The smallest absolute Gasteiger partial charge is 0.197 e. The summed E-state index contributed by atoms with van der Waals surface area (Å²) in [5.74, 6) is 1.15. The topological polar surface area (TPSA) is 95.2 Å². The number of nitrogens with zero attached hydrogens (tertiary/aromatic N) is 3. The largest absolute Gasteiger partial charge is 0.427 e. The number of hydrogen-bond acceptors (Lipinski definition) is 5. The number of rotatable bonds is 10. The highest BCUT2D eigenvalue weighted by Gasteiger charge is 2.21. The van der Waals surface area contributed by atoms with Crippen LogP contribution in [0.3, 0.4) is 0 Å². The Morgan fingerprint density at radius 2 is 2.06 bits per heavy atom. The number of thiol groups is 1. The number of nitrogens with one attached hydrogen (secondary N) is 2. The maximum atomic E-state index is 13.0. The maximum absolute atomic E-state index is 13.0. The lowest BCUT2D eigenvalue weighted by Gasteiger charge is -2.32. The van der Waals surface area contributed by atoms with Gasteiger partial charge in [-0.15, -0.1) is 0 Å². The van der Waals surface area contributed by atoms with Gasteiger partial charge in [-0.2, -0.15) is 0 Å². The van der Waals surface area contributed by atoms with Gasteiger partial charge in [-0.05, 0) is 79.5 Å². The first-order chi connectivity index (χ1) is 16.7. The summed E-state index contributed by atoms with van der Waals surface area (Å²) in [7, 11) is 1.35. The van der Waals surface area contributed by atoms with Gasteiger partial charge in [-0.25, -0.2) is 4.99 Å². The molecule has 0 saturated heterocycles. The lowest BCUT2D eigenvalue weighted by molar-refractivity contribution is 0.414. The van der Waals surface area contributed by atoms with Crippen molar-refractivity contribution in [1.29, 1.82) is 0 Å². The average molecular weight is 611 g/mol. The molecule has 35 heavy (non-hydrogen) atoms. The van der Waals surface area contributed by atoms with Gasteiger partial charge in [-0.1, -0.05) is 12.6 Å². The van der Waals surface area contributed by atoms with Crippen LogP contribution < -0.4 is 23.7 Å².